The van der Waals surface area contributed by atoms with Crippen molar-refractivity contribution >= 4 is 33.2 Å². The lowest BCUT2D eigenvalue weighted by Gasteiger charge is -2.34. The molecule has 8 heteroatoms. The van der Waals surface area contributed by atoms with Crippen molar-refractivity contribution in [2.24, 2.45) is 0 Å². The Morgan fingerprint density at radius 2 is 1.96 bits per heavy atom. The highest BCUT2D eigenvalue weighted by molar-refractivity contribution is 7.89. The molecule has 1 saturated heterocycles. The van der Waals surface area contributed by atoms with Gasteiger partial charge in [-0.1, -0.05) is 36.2 Å². The van der Waals surface area contributed by atoms with E-state index in [9.17, 15) is 18.5 Å². The van der Waals surface area contributed by atoms with E-state index in [-0.39, 0.29) is 17.2 Å². The average molecular weight is 418 g/mol. The van der Waals surface area contributed by atoms with Crippen molar-refractivity contribution < 1.29 is 13.2 Å². The van der Waals surface area contributed by atoms with Crippen LogP contribution in [-0.4, -0.2) is 31.2 Å². The Hall–Kier alpha value is -2.40. The Morgan fingerprint density at radius 1 is 1.21 bits per heavy atom. The van der Waals surface area contributed by atoms with Gasteiger partial charge in [0, 0.05) is 24.0 Å². The van der Waals surface area contributed by atoms with Crippen LogP contribution in [0.25, 0.3) is 0 Å². The first-order chi connectivity index (χ1) is 13.4. The third-order valence-electron chi connectivity index (χ3n) is 4.72. The summed E-state index contributed by atoms with van der Waals surface area (Å²) in [5.41, 5.74) is 0.628. The molecule has 1 heterocycles. The maximum atomic E-state index is 13.0. The molecule has 0 aromatic heterocycles. The fourth-order valence-electron chi connectivity index (χ4n) is 3.35. The van der Waals surface area contributed by atoms with E-state index in [1.807, 2.05) is 6.07 Å². The van der Waals surface area contributed by atoms with Crippen molar-refractivity contribution in [1.82, 2.24) is 4.31 Å². The SMILES string of the molecule is N#Cc1ccc(Cl)cc1NC(=O)CC1CCCCN1S(=O)(=O)c1ccccc1. The molecule has 0 aliphatic carbocycles. The molecule has 1 fully saturated rings. The minimum atomic E-state index is -3.67. The number of benzene rings is 2. The summed E-state index contributed by atoms with van der Waals surface area (Å²) in [6, 6.07) is 14.4. The summed E-state index contributed by atoms with van der Waals surface area (Å²) < 4.78 is 27.5. The van der Waals surface area contributed by atoms with Gasteiger partial charge in [0.1, 0.15) is 6.07 Å². The number of rotatable bonds is 5. The smallest absolute Gasteiger partial charge is 0.243 e. The van der Waals surface area contributed by atoms with E-state index < -0.39 is 16.1 Å². The van der Waals surface area contributed by atoms with Crippen molar-refractivity contribution in [2.75, 3.05) is 11.9 Å². The molecule has 1 N–H and O–H groups in total. The predicted molar refractivity (Wildman–Crippen MR) is 107 cm³/mol. The second kappa shape index (κ2) is 8.74. The lowest BCUT2D eigenvalue weighted by atomic mass is 10.0. The molecule has 1 amide bonds. The van der Waals surface area contributed by atoms with E-state index in [0.29, 0.717) is 29.2 Å². The van der Waals surface area contributed by atoms with Crippen LogP contribution in [0.4, 0.5) is 5.69 Å². The Morgan fingerprint density at radius 3 is 2.68 bits per heavy atom. The van der Waals surface area contributed by atoms with Gasteiger partial charge in [-0.2, -0.15) is 9.57 Å². The van der Waals surface area contributed by atoms with Crippen molar-refractivity contribution in [3.63, 3.8) is 0 Å². The van der Waals surface area contributed by atoms with E-state index in [2.05, 4.69) is 5.32 Å². The van der Waals surface area contributed by atoms with Gasteiger partial charge in [-0.15, -0.1) is 0 Å². The van der Waals surface area contributed by atoms with Gasteiger partial charge in [0.2, 0.25) is 15.9 Å². The first kappa shape index (κ1) is 20.3. The number of nitriles is 1. The van der Waals surface area contributed by atoms with Gasteiger partial charge < -0.3 is 5.32 Å². The van der Waals surface area contributed by atoms with Gasteiger partial charge in [0.05, 0.1) is 16.1 Å². The van der Waals surface area contributed by atoms with E-state index in [0.717, 1.165) is 12.8 Å². The predicted octanol–water partition coefficient (Wildman–Crippen LogP) is 3.78. The number of hydrogen-bond acceptors (Lipinski definition) is 4. The third-order valence-corrected chi connectivity index (χ3v) is 6.92. The van der Waals surface area contributed by atoms with Gasteiger partial charge in [0.15, 0.2) is 0 Å². The normalized spacial score (nSPS) is 17.6. The standard InChI is InChI=1S/C20H20ClN3O3S/c21-16-10-9-15(14-22)19(12-16)23-20(25)13-17-6-4-5-11-24(17)28(26,27)18-7-2-1-3-8-18/h1-3,7-10,12,17H,4-6,11,13H2,(H,23,25). The molecule has 28 heavy (non-hydrogen) atoms. The zero-order valence-corrected chi connectivity index (χ0v) is 16.7. The summed E-state index contributed by atoms with van der Waals surface area (Å²) in [6.07, 6.45) is 2.25. The molecular weight excluding hydrogens is 398 g/mol. The van der Waals surface area contributed by atoms with Gasteiger partial charge in [-0.05, 0) is 43.2 Å². The lowest BCUT2D eigenvalue weighted by Crippen LogP contribution is -2.45. The Kier molecular flexibility index (Phi) is 6.35. The summed E-state index contributed by atoms with van der Waals surface area (Å²) in [5, 5.41) is 12.3. The van der Waals surface area contributed by atoms with E-state index >= 15 is 0 Å². The number of carbonyl (C=O) groups excluding carboxylic acids is 1. The first-order valence-electron chi connectivity index (χ1n) is 8.98. The highest BCUT2D eigenvalue weighted by Gasteiger charge is 2.34. The molecule has 6 nitrogen and oxygen atoms in total. The van der Waals surface area contributed by atoms with E-state index in [1.165, 1.54) is 16.4 Å². The van der Waals surface area contributed by atoms with Gasteiger partial charge >= 0.3 is 0 Å². The molecule has 0 radical (unpaired) electrons. The highest BCUT2D eigenvalue weighted by Crippen LogP contribution is 2.28. The van der Waals surface area contributed by atoms with Crippen LogP contribution < -0.4 is 5.32 Å². The van der Waals surface area contributed by atoms with Crippen LogP contribution in [0.2, 0.25) is 5.02 Å². The fourth-order valence-corrected chi connectivity index (χ4v) is 5.24. The number of sulfonamides is 1. The summed E-state index contributed by atoms with van der Waals surface area (Å²) in [4.78, 5) is 12.8. The Balaban J connectivity index is 1.78. The third kappa shape index (κ3) is 4.53. The molecule has 1 unspecified atom stereocenters. The average Bonchev–Trinajstić information content (AvgIpc) is 2.69. The molecule has 1 atom stereocenters. The molecule has 146 valence electrons. The zero-order chi connectivity index (χ0) is 20.1. The van der Waals surface area contributed by atoms with Crippen molar-refractivity contribution in [2.45, 2.75) is 36.6 Å². The maximum absolute atomic E-state index is 13.0. The van der Waals surface area contributed by atoms with Gasteiger partial charge in [-0.25, -0.2) is 8.42 Å². The van der Waals surface area contributed by atoms with Gasteiger partial charge in [0.25, 0.3) is 0 Å². The number of amides is 1. The zero-order valence-electron chi connectivity index (χ0n) is 15.1. The van der Waals surface area contributed by atoms with Crippen LogP contribution in [0.15, 0.2) is 53.4 Å². The minimum Gasteiger partial charge on any atom is -0.325 e. The topological polar surface area (TPSA) is 90.3 Å². The number of carbonyl (C=O) groups is 1. The van der Waals surface area contributed by atoms with E-state index in [1.54, 1.807) is 36.4 Å². The fraction of sp³-hybridized carbons (Fsp3) is 0.300. The molecular formula is C20H20ClN3O3S. The molecule has 2 aromatic rings. The molecule has 1 aliphatic heterocycles. The second-order valence-electron chi connectivity index (χ2n) is 6.63. The summed E-state index contributed by atoms with van der Waals surface area (Å²) in [5.74, 6) is -0.348. The highest BCUT2D eigenvalue weighted by atomic mass is 35.5. The monoisotopic (exact) mass is 417 g/mol. The van der Waals surface area contributed by atoms with Crippen molar-refractivity contribution in [3.05, 3.63) is 59.1 Å². The number of piperidine rings is 1. The molecule has 1 aliphatic rings. The molecule has 0 bridgehead atoms. The second-order valence-corrected chi connectivity index (χ2v) is 8.96. The van der Waals surface area contributed by atoms with Gasteiger partial charge in [-0.3, -0.25) is 4.79 Å². The molecule has 0 saturated carbocycles. The Labute approximate surface area is 169 Å². The largest absolute Gasteiger partial charge is 0.325 e. The summed E-state index contributed by atoms with van der Waals surface area (Å²) in [6.45, 7) is 0.385. The number of hydrogen-bond donors (Lipinski definition) is 1. The molecule has 3 rings (SSSR count). The van der Waals surface area contributed by atoms with Crippen LogP contribution in [0.5, 0.6) is 0 Å². The van der Waals surface area contributed by atoms with Crippen LogP contribution in [0, 0.1) is 11.3 Å². The molecule has 2 aromatic carbocycles. The quantitative estimate of drug-likeness (QED) is 0.801. The maximum Gasteiger partial charge on any atom is 0.243 e. The number of nitrogens with one attached hydrogen (secondary N) is 1. The van der Waals surface area contributed by atoms with Crippen LogP contribution in [0.1, 0.15) is 31.2 Å². The van der Waals surface area contributed by atoms with Crippen LogP contribution >= 0.6 is 11.6 Å². The lowest BCUT2D eigenvalue weighted by molar-refractivity contribution is -0.117. The first-order valence-corrected chi connectivity index (χ1v) is 10.8. The van der Waals surface area contributed by atoms with Crippen LogP contribution in [0.3, 0.4) is 0 Å². The van der Waals surface area contributed by atoms with Crippen molar-refractivity contribution in [3.8, 4) is 6.07 Å². The van der Waals surface area contributed by atoms with Crippen LogP contribution in [-0.2, 0) is 14.8 Å². The summed E-state index contributed by atoms with van der Waals surface area (Å²) in [7, 11) is -3.67. The molecule has 0 spiro atoms. The van der Waals surface area contributed by atoms with E-state index in [4.69, 9.17) is 11.6 Å². The Bertz CT molecular complexity index is 1000. The number of halogens is 1. The number of anilines is 1. The minimum absolute atomic E-state index is 0.0173. The summed E-state index contributed by atoms with van der Waals surface area (Å²) >= 11 is 5.95. The van der Waals surface area contributed by atoms with Crippen molar-refractivity contribution in [1.29, 1.82) is 5.26 Å². The number of nitrogens with zero attached hydrogens (tertiary/aromatic N) is 2.